The summed E-state index contributed by atoms with van der Waals surface area (Å²) in [6.45, 7) is 1.95. The Balaban J connectivity index is 2.75. The van der Waals surface area contributed by atoms with Crippen LogP contribution in [0.25, 0.3) is 0 Å². The van der Waals surface area contributed by atoms with Gasteiger partial charge in [0.05, 0.1) is 22.3 Å². The van der Waals surface area contributed by atoms with Crippen LogP contribution in [0, 0.1) is 45.3 Å². The molecular weight excluding hydrogens is 284 g/mol. The van der Waals surface area contributed by atoms with Crippen LogP contribution < -0.4 is 0 Å². The molecule has 0 heterocycles. The molecule has 0 fully saturated rings. The minimum atomic E-state index is -0.221. The van der Waals surface area contributed by atoms with E-state index in [9.17, 15) is 21.0 Å². The third-order valence-electron chi connectivity index (χ3n) is 3.82. The van der Waals surface area contributed by atoms with Crippen molar-refractivity contribution >= 4 is 0 Å². The standard InChI is InChI=1S/C19H12N4/c1-2-15(16-7-3-5-13(9-20)18(16)11-22)17-8-4-6-14(10-21)19(17)12-23/h3-8,15H,2H2,1H3. The van der Waals surface area contributed by atoms with Gasteiger partial charge < -0.3 is 0 Å². The van der Waals surface area contributed by atoms with Gasteiger partial charge in [-0.05, 0) is 29.7 Å². The SMILES string of the molecule is CCC(c1cccc(C#N)c1C#N)c1cccc(C#N)c1C#N. The normalized spacial score (nSPS) is 9.48. The van der Waals surface area contributed by atoms with E-state index in [2.05, 4.69) is 12.1 Å². The fourth-order valence-corrected chi connectivity index (χ4v) is 2.76. The highest BCUT2D eigenvalue weighted by Gasteiger charge is 2.22. The van der Waals surface area contributed by atoms with Crippen LogP contribution in [-0.4, -0.2) is 0 Å². The van der Waals surface area contributed by atoms with Gasteiger partial charge in [-0.1, -0.05) is 31.2 Å². The number of hydrogen-bond acceptors (Lipinski definition) is 4. The first-order chi connectivity index (χ1) is 11.2. The van der Waals surface area contributed by atoms with Crippen LogP contribution in [0.4, 0.5) is 0 Å². The lowest BCUT2D eigenvalue weighted by atomic mass is 9.82. The van der Waals surface area contributed by atoms with Crippen molar-refractivity contribution in [3.63, 3.8) is 0 Å². The van der Waals surface area contributed by atoms with Gasteiger partial charge in [-0.15, -0.1) is 0 Å². The molecule has 0 saturated carbocycles. The van der Waals surface area contributed by atoms with Gasteiger partial charge in [-0.2, -0.15) is 21.0 Å². The van der Waals surface area contributed by atoms with Gasteiger partial charge >= 0.3 is 0 Å². The van der Waals surface area contributed by atoms with Crippen LogP contribution in [0.1, 0.15) is 52.6 Å². The lowest BCUT2D eigenvalue weighted by Gasteiger charge is -2.19. The van der Waals surface area contributed by atoms with Crippen LogP contribution >= 0.6 is 0 Å². The van der Waals surface area contributed by atoms with Crippen LogP contribution in [0.15, 0.2) is 36.4 Å². The predicted octanol–water partition coefficient (Wildman–Crippen LogP) is 3.72. The van der Waals surface area contributed by atoms with E-state index >= 15 is 0 Å². The fraction of sp³-hybridized carbons (Fsp3) is 0.158. The molecule has 0 unspecified atom stereocenters. The van der Waals surface area contributed by atoms with E-state index in [-0.39, 0.29) is 5.92 Å². The Morgan fingerprint density at radius 2 is 1.17 bits per heavy atom. The molecule has 0 aromatic heterocycles. The molecule has 0 radical (unpaired) electrons. The van der Waals surface area contributed by atoms with E-state index < -0.39 is 0 Å². The van der Waals surface area contributed by atoms with Crippen molar-refractivity contribution in [1.29, 1.82) is 21.0 Å². The Kier molecular flexibility index (Phi) is 4.74. The van der Waals surface area contributed by atoms with E-state index in [4.69, 9.17) is 0 Å². The maximum atomic E-state index is 9.43. The molecule has 0 atom stereocenters. The Hall–Kier alpha value is -3.60. The van der Waals surface area contributed by atoms with Crippen molar-refractivity contribution in [2.75, 3.05) is 0 Å². The van der Waals surface area contributed by atoms with Crippen LogP contribution in [0.5, 0.6) is 0 Å². The molecule has 0 saturated heterocycles. The molecule has 4 nitrogen and oxygen atoms in total. The number of nitriles is 4. The summed E-state index contributed by atoms with van der Waals surface area (Å²) in [5.74, 6) is -0.221. The van der Waals surface area contributed by atoms with Gasteiger partial charge in [0.15, 0.2) is 0 Å². The summed E-state index contributed by atoms with van der Waals surface area (Å²) in [4.78, 5) is 0. The molecule has 0 spiro atoms. The molecule has 23 heavy (non-hydrogen) atoms. The summed E-state index contributed by atoms with van der Waals surface area (Å²) < 4.78 is 0. The second-order valence-corrected chi connectivity index (χ2v) is 4.95. The number of hydrogen-bond donors (Lipinski definition) is 0. The first-order valence-corrected chi connectivity index (χ1v) is 7.08. The maximum Gasteiger partial charge on any atom is 0.101 e. The summed E-state index contributed by atoms with van der Waals surface area (Å²) in [6.07, 6.45) is 0.646. The zero-order chi connectivity index (χ0) is 16.8. The lowest BCUT2D eigenvalue weighted by Crippen LogP contribution is -2.07. The highest BCUT2D eigenvalue weighted by molar-refractivity contribution is 5.58. The van der Waals surface area contributed by atoms with Crippen molar-refractivity contribution in [3.8, 4) is 24.3 Å². The van der Waals surface area contributed by atoms with E-state index in [1.165, 1.54) is 0 Å². The van der Waals surface area contributed by atoms with Crippen molar-refractivity contribution in [1.82, 2.24) is 0 Å². The first-order valence-electron chi connectivity index (χ1n) is 7.08. The summed E-state index contributed by atoms with van der Waals surface area (Å²) in [5.41, 5.74) is 2.71. The monoisotopic (exact) mass is 296 g/mol. The quantitative estimate of drug-likeness (QED) is 0.862. The van der Waals surface area contributed by atoms with Gasteiger partial charge in [0.2, 0.25) is 0 Å². The third-order valence-corrected chi connectivity index (χ3v) is 3.82. The van der Waals surface area contributed by atoms with Gasteiger partial charge in [0, 0.05) is 5.92 Å². The molecule has 0 amide bonds. The molecule has 0 aliphatic carbocycles. The Morgan fingerprint density at radius 3 is 1.48 bits per heavy atom. The Bertz CT molecular complexity index is 839. The fourth-order valence-electron chi connectivity index (χ4n) is 2.76. The van der Waals surface area contributed by atoms with E-state index in [0.717, 1.165) is 0 Å². The predicted molar refractivity (Wildman–Crippen MR) is 83.9 cm³/mol. The van der Waals surface area contributed by atoms with Gasteiger partial charge in [0.1, 0.15) is 24.3 Å². The molecule has 2 rings (SSSR count). The third kappa shape index (κ3) is 2.75. The molecule has 4 heteroatoms. The summed E-state index contributed by atoms with van der Waals surface area (Å²) >= 11 is 0. The topological polar surface area (TPSA) is 95.2 Å². The van der Waals surface area contributed by atoms with Gasteiger partial charge in [-0.3, -0.25) is 0 Å². The molecular formula is C19H12N4. The summed E-state index contributed by atoms with van der Waals surface area (Å²) in [7, 11) is 0. The first kappa shape index (κ1) is 15.8. The van der Waals surface area contributed by atoms with E-state index in [0.29, 0.717) is 39.8 Å². The molecule has 0 bridgehead atoms. The van der Waals surface area contributed by atoms with Gasteiger partial charge in [-0.25, -0.2) is 0 Å². The van der Waals surface area contributed by atoms with Crippen LogP contribution in [-0.2, 0) is 0 Å². The minimum Gasteiger partial charge on any atom is -0.192 e. The maximum absolute atomic E-state index is 9.43. The van der Waals surface area contributed by atoms with Crippen molar-refractivity contribution in [2.24, 2.45) is 0 Å². The number of rotatable bonds is 3. The van der Waals surface area contributed by atoms with E-state index in [1.54, 1.807) is 36.4 Å². The second-order valence-electron chi connectivity index (χ2n) is 4.95. The highest BCUT2D eigenvalue weighted by Crippen LogP contribution is 2.34. The molecule has 2 aromatic carbocycles. The molecule has 0 aliphatic heterocycles. The zero-order valence-electron chi connectivity index (χ0n) is 12.5. The molecule has 0 N–H and O–H groups in total. The second kappa shape index (κ2) is 6.91. The average molecular weight is 296 g/mol. The molecule has 2 aromatic rings. The Morgan fingerprint density at radius 1 is 0.739 bits per heavy atom. The van der Waals surface area contributed by atoms with Crippen LogP contribution in [0.2, 0.25) is 0 Å². The van der Waals surface area contributed by atoms with Gasteiger partial charge in [0.25, 0.3) is 0 Å². The van der Waals surface area contributed by atoms with Crippen LogP contribution in [0.3, 0.4) is 0 Å². The summed E-state index contributed by atoms with van der Waals surface area (Å²) in [6, 6.07) is 18.5. The van der Waals surface area contributed by atoms with Crippen molar-refractivity contribution in [2.45, 2.75) is 19.3 Å². The highest BCUT2D eigenvalue weighted by atomic mass is 14.3. The van der Waals surface area contributed by atoms with Crippen molar-refractivity contribution < 1.29 is 0 Å². The summed E-state index contributed by atoms with van der Waals surface area (Å²) in [5, 5.41) is 37.2. The molecule has 108 valence electrons. The molecule has 0 aliphatic rings. The number of nitrogens with zero attached hydrogens (tertiary/aromatic N) is 4. The minimum absolute atomic E-state index is 0.221. The lowest BCUT2D eigenvalue weighted by molar-refractivity contribution is 0.771. The van der Waals surface area contributed by atoms with E-state index in [1.807, 2.05) is 19.1 Å². The van der Waals surface area contributed by atoms with Crippen molar-refractivity contribution in [3.05, 3.63) is 69.8 Å². The zero-order valence-corrected chi connectivity index (χ0v) is 12.5. The smallest absolute Gasteiger partial charge is 0.101 e. The largest absolute Gasteiger partial charge is 0.192 e. The number of benzene rings is 2. The average Bonchev–Trinajstić information content (AvgIpc) is 2.61. The Labute approximate surface area is 135 Å².